The van der Waals surface area contributed by atoms with E-state index in [-0.39, 0.29) is 30.0 Å². The van der Waals surface area contributed by atoms with E-state index in [1.165, 1.54) is 17.1 Å². The van der Waals surface area contributed by atoms with Crippen LogP contribution in [0, 0.1) is 24.1 Å². The Labute approximate surface area is 196 Å². The summed E-state index contributed by atoms with van der Waals surface area (Å²) in [5.74, 6) is -0.429. The molecule has 2 fully saturated rings. The van der Waals surface area contributed by atoms with Crippen LogP contribution in [0.4, 0.5) is 4.39 Å². The third kappa shape index (κ3) is 4.25. The van der Waals surface area contributed by atoms with E-state index in [2.05, 4.69) is 30.7 Å². The van der Waals surface area contributed by atoms with Crippen LogP contribution in [-0.4, -0.2) is 79.7 Å². The molecule has 10 nitrogen and oxygen atoms in total. The first-order valence-corrected chi connectivity index (χ1v) is 11.2. The molecule has 2 aliphatic rings. The molecule has 34 heavy (non-hydrogen) atoms. The van der Waals surface area contributed by atoms with E-state index in [9.17, 15) is 14.4 Å². The molecular weight excluding hydrogens is 437 g/mol. The highest BCUT2D eigenvalue weighted by Crippen LogP contribution is 2.27. The summed E-state index contributed by atoms with van der Waals surface area (Å²) in [6, 6.07) is 8.99. The summed E-state index contributed by atoms with van der Waals surface area (Å²) < 4.78 is 15.4. The second-order valence-corrected chi connectivity index (χ2v) is 8.64. The van der Waals surface area contributed by atoms with Crippen molar-refractivity contribution in [1.29, 1.82) is 5.26 Å². The van der Waals surface area contributed by atoms with E-state index in [0.29, 0.717) is 30.9 Å². The van der Waals surface area contributed by atoms with Crippen molar-refractivity contribution in [2.45, 2.75) is 25.4 Å². The molecule has 4 heterocycles. The molecule has 0 spiro atoms. The van der Waals surface area contributed by atoms with Gasteiger partial charge in [-0.15, -0.1) is 5.10 Å². The molecule has 2 atom stereocenters. The Bertz CT molecular complexity index is 1220. The number of tetrazole rings is 1. The van der Waals surface area contributed by atoms with E-state index < -0.39 is 5.82 Å². The summed E-state index contributed by atoms with van der Waals surface area (Å²) in [4.78, 5) is 21.6. The minimum atomic E-state index is -0.482. The maximum atomic E-state index is 13.9. The Hall–Kier alpha value is -3.75. The van der Waals surface area contributed by atoms with E-state index in [1.54, 1.807) is 19.2 Å². The number of piperazine rings is 2. The van der Waals surface area contributed by atoms with E-state index in [0.717, 1.165) is 24.3 Å². The number of benzene rings is 1. The van der Waals surface area contributed by atoms with Crippen LogP contribution < -0.4 is 5.32 Å². The molecule has 0 unspecified atom stereocenters. The highest BCUT2D eigenvalue weighted by molar-refractivity contribution is 5.78. The molecule has 0 aliphatic carbocycles. The number of hydrogen-bond donors (Lipinski definition) is 1. The largest absolute Gasteiger partial charge is 0.339 e. The predicted molar refractivity (Wildman–Crippen MR) is 119 cm³/mol. The lowest BCUT2D eigenvalue weighted by molar-refractivity contribution is -0.134. The third-order valence-corrected chi connectivity index (χ3v) is 6.67. The molecule has 3 aromatic rings. The zero-order chi connectivity index (χ0) is 23.7. The minimum absolute atomic E-state index is 0.0223. The van der Waals surface area contributed by atoms with Crippen LogP contribution in [0.1, 0.15) is 28.4 Å². The fourth-order valence-corrected chi connectivity index (χ4v) is 4.75. The number of halogens is 1. The van der Waals surface area contributed by atoms with E-state index >= 15 is 0 Å². The number of aromatic nitrogens is 5. The normalized spacial score (nSPS) is 20.6. The van der Waals surface area contributed by atoms with Gasteiger partial charge < -0.3 is 10.2 Å². The number of hydrogen-bond acceptors (Lipinski definition) is 8. The summed E-state index contributed by atoms with van der Waals surface area (Å²) in [6.45, 7) is 5.33. The van der Waals surface area contributed by atoms with Crippen LogP contribution in [0.5, 0.6) is 0 Å². The van der Waals surface area contributed by atoms with Gasteiger partial charge in [0.05, 0.1) is 23.9 Å². The Morgan fingerprint density at radius 3 is 2.88 bits per heavy atom. The lowest BCUT2D eigenvalue weighted by Gasteiger charge is -2.47. The number of rotatable bonds is 4. The number of pyridine rings is 1. The molecule has 0 radical (unpaired) electrons. The Morgan fingerprint density at radius 1 is 1.26 bits per heavy atom. The SMILES string of the molecule is Cc1c([C@@H]2CN3CCN(C(=O)Cc4ccc(-n5cnnn5)cn4)C[C@H]3CN2)ccc(F)c1C#N. The van der Waals surface area contributed by atoms with Gasteiger partial charge in [0.15, 0.2) is 0 Å². The van der Waals surface area contributed by atoms with Crippen LogP contribution in [0.15, 0.2) is 36.8 Å². The molecule has 1 amide bonds. The number of nitrogens with zero attached hydrogens (tertiary/aromatic N) is 8. The van der Waals surface area contributed by atoms with Crippen LogP contribution in [0.3, 0.4) is 0 Å². The van der Waals surface area contributed by atoms with Crippen molar-refractivity contribution in [2.24, 2.45) is 0 Å². The number of carbonyl (C=O) groups excluding carboxylic acids is 1. The van der Waals surface area contributed by atoms with Crippen molar-refractivity contribution in [3.8, 4) is 11.8 Å². The summed E-state index contributed by atoms with van der Waals surface area (Å²) in [7, 11) is 0. The molecular formula is C23H24FN9O. The van der Waals surface area contributed by atoms with Crippen molar-refractivity contribution >= 4 is 5.91 Å². The predicted octanol–water partition coefficient (Wildman–Crippen LogP) is 0.776. The fraction of sp³-hybridized carbons (Fsp3) is 0.391. The summed E-state index contributed by atoms with van der Waals surface area (Å²) in [5, 5.41) is 23.9. The van der Waals surface area contributed by atoms with Crippen LogP contribution in [0.25, 0.3) is 5.69 Å². The van der Waals surface area contributed by atoms with Crippen LogP contribution in [0.2, 0.25) is 0 Å². The molecule has 2 aliphatic heterocycles. The Balaban J connectivity index is 1.19. The van der Waals surface area contributed by atoms with Gasteiger partial charge in [-0.05, 0) is 46.7 Å². The lowest BCUT2D eigenvalue weighted by Crippen LogP contribution is -2.62. The first-order chi connectivity index (χ1) is 16.5. The standard InChI is InChI=1S/C23H24FN9O/c1-15-19(4-5-21(24)20(15)9-25)22-13-31-6-7-32(12-18(31)11-27-22)23(34)8-16-2-3-17(10-26-16)33-14-28-29-30-33/h2-5,10,14,18,22,27H,6-8,11-13H2,1H3/t18-,22+/m1/s1. The number of nitriles is 1. The van der Waals surface area contributed by atoms with Gasteiger partial charge in [-0.1, -0.05) is 6.07 Å². The first kappa shape index (κ1) is 22.1. The zero-order valence-electron chi connectivity index (χ0n) is 18.7. The number of carbonyl (C=O) groups is 1. The maximum absolute atomic E-state index is 13.9. The van der Waals surface area contributed by atoms with Gasteiger partial charge in [-0.2, -0.15) is 9.94 Å². The lowest BCUT2D eigenvalue weighted by atomic mass is 9.93. The van der Waals surface area contributed by atoms with Gasteiger partial charge in [0.2, 0.25) is 5.91 Å². The molecule has 2 aromatic heterocycles. The highest BCUT2D eigenvalue weighted by atomic mass is 19.1. The minimum Gasteiger partial charge on any atom is -0.339 e. The summed E-state index contributed by atoms with van der Waals surface area (Å²) in [5.41, 5.74) is 3.18. The van der Waals surface area contributed by atoms with Gasteiger partial charge in [0, 0.05) is 50.5 Å². The second kappa shape index (κ2) is 9.24. The van der Waals surface area contributed by atoms with E-state index in [1.807, 2.05) is 23.1 Å². The first-order valence-electron chi connectivity index (χ1n) is 11.2. The van der Waals surface area contributed by atoms with Crippen molar-refractivity contribution in [2.75, 3.05) is 32.7 Å². The molecule has 5 rings (SSSR count). The van der Waals surface area contributed by atoms with Crippen molar-refractivity contribution in [1.82, 2.24) is 40.3 Å². The monoisotopic (exact) mass is 461 g/mol. The number of nitrogens with one attached hydrogen (secondary N) is 1. The summed E-state index contributed by atoms with van der Waals surface area (Å²) in [6.07, 6.45) is 3.38. The fourth-order valence-electron chi connectivity index (χ4n) is 4.75. The zero-order valence-corrected chi connectivity index (χ0v) is 18.7. The molecule has 11 heteroatoms. The smallest absolute Gasteiger partial charge is 0.228 e. The topological polar surface area (TPSA) is 116 Å². The molecule has 0 saturated carbocycles. The quantitative estimate of drug-likeness (QED) is 0.606. The number of amides is 1. The molecule has 1 aromatic carbocycles. The molecule has 2 saturated heterocycles. The molecule has 0 bridgehead atoms. The van der Waals surface area contributed by atoms with Crippen molar-refractivity contribution < 1.29 is 9.18 Å². The maximum Gasteiger partial charge on any atom is 0.228 e. The number of fused-ring (bicyclic) bond motifs is 1. The second-order valence-electron chi connectivity index (χ2n) is 8.64. The van der Waals surface area contributed by atoms with Gasteiger partial charge in [0.25, 0.3) is 0 Å². The van der Waals surface area contributed by atoms with E-state index in [4.69, 9.17) is 0 Å². The Kier molecular flexibility index (Phi) is 6.00. The van der Waals surface area contributed by atoms with Gasteiger partial charge in [-0.3, -0.25) is 14.7 Å². The van der Waals surface area contributed by atoms with Crippen LogP contribution in [-0.2, 0) is 11.2 Å². The molecule has 1 N–H and O–H groups in total. The Morgan fingerprint density at radius 2 is 2.15 bits per heavy atom. The summed E-state index contributed by atoms with van der Waals surface area (Å²) >= 11 is 0. The van der Waals surface area contributed by atoms with Gasteiger partial charge >= 0.3 is 0 Å². The average molecular weight is 462 g/mol. The highest BCUT2D eigenvalue weighted by Gasteiger charge is 2.35. The third-order valence-electron chi connectivity index (χ3n) is 6.67. The average Bonchev–Trinajstić information content (AvgIpc) is 3.39. The van der Waals surface area contributed by atoms with Crippen molar-refractivity contribution in [3.05, 3.63) is 65.0 Å². The molecule has 174 valence electrons. The van der Waals surface area contributed by atoms with Gasteiger partial charge in [0.1, 0.15) is 18.2 Å². The van der Waals surface area contributed by atoms with Gasteiger partial charge in [-0.25, -0.2) is 4.39 Å². The van der Waals surface area contributed by atoms with Crippen molar-refractivity contribution in [3.63, 3.8) is 0 Å². The van der Waals surface area contributed by atoms with Crippen LogP contribution >= 0.6 is 0 Å².